The van der Waals surface area contributed by atoms with Crippen molar-refractivity contribution in [3.8, 4) is 11.8 Å². The number of nitrogens with zero attached hydrogens (tertiary/aromatic N) is 4. The van der Waals surface area contributed by atoms with Crippen molar-refractivity contribution in [3.63, 3.8) is 0 Å². The second kappa shape index (κ2) is 17.8. The van der Waals surface area contributed by atoms with Crippen molar-refractivity contribution in [2.75, 3.05) is 25.0 Å². The number of aromatic nitrogens is 1. The van der Waals surface area contributed by atoms with Crippen LogP contribution in [0.1, 0.15) is 156 Å². The van der Waals surface area contributed by atoms with Crippen LogP contribution in [-0.4, -0.2) is 98.6 Å². The number of piperidine rings is 2. The molecule has 17 heteroatoms. The van der Waals surface area contributed by atoms with Crippen LogP contribution in [0, 0.1) is 39.8 Å². The number of benzene rings is 2. The number of pyridine rings is 1. The number of carbonyl (C=O) groups is 5. The molecule has 4 aliphatic carbocycles. The molecule has 7 fully saturated rings. The van der Waals surface area contributed by atoms with Gasteiger partial charge in [-0.2, -0.15) is 13.2 Å². The van der Waals surface area contributed by atoms with Gasteiger partial charge in [0.1, 0.15) is 17.6 Å². The summed E-state index contributed by atoms with van der Waals surface area (Å²) in [5, 5.41) is 9.22. The minimum Gasteiger partial charge on any atom is -0.384 e. The summed E-state index contributed by atoms with van der Waals surface area (Å²) < 4.78 is 58.8. The molecule has 5 amide bonds. The quantitative estimate of drug-likeness (QED) is 0.121. The fourth-order valence-electron chi connectivity index (χ4n) is 14.8. The van der Waals surface area contributed by atoms with Gasteiger partial charge < -0.3 is 25.3 Å². The second-order valence-electron chi connectivity index (χ2n) is 24.3. The van der Waals surface area contributed by atoms with Crippen LogP contribution >= 0.6 is 11.6 Å². The predicted molar refractivity (Wildman–Crippen MR) is 269 cm³/mol. The lowest BCUT2D eigenvalue weighted by atomic mass is 9.55. The lowest BCUT2D eigenvalue weighted by Gasteiger charge is -2.59. The SMILES string of the molecule is CC(C)N(C(=O)[C@@H]1N[C@@H](CC(C)(C)C)[C@@]2(CNc3cc(C(F)(F)F)ncc32)[C@H]1c1cccc(Cl)c1F)C12CCC(C(=O)N3CCC4(CC3)C[C@@H]4C#Cc3cccc4c3CN(C3CCC(=O)NC3=O)C4=O)(CC1)CC2. The van der Waals surface area contributed by atoms with Gasteiger partial charge in [0.05, 0.1) is 11.1 Å². The van der Waals surface area contributed by atoms with Gasteiger partial charge in [-0.1, -0.05) is 62.4 Å². The first-order valence-electron chi connectivity index (χ1n) is 26.4. The van der Waals surface area contributed by atoms with E-state index in [4.69, 9.17) is 11.6 Å². The molecular weight excluding hydrogens is 974 g/mol. The molecule has 3 saturated heterocycles. The van der Waals surface area contributed by atoms with Gasteiger partial charge in [0.25, 0.3) is 5.91 Å². The lowest BCUT2D eigenvalue weighted by Crippen LogP contribution is -2.65. The molecule has 2 aromatic carbocycles. The number of carbonyl (C=O) groups excluding carboxylic acids is 5. The molecule has 392 valence electrons. The van der Waals surface area contributed by atoms with E-state index in [1.807, 2.05) is 30.9 Å². The zero-order valence-corrected chi connectivity index (χ0v) is 43.4. The van der Waals surface area contributed by atoms with Crippen LogP contribution in [0.3, 0.4) is 0 Å². The number of halogens is 5. The van der Waals surface area contributed by atoms with Crippen LogP contribution in [0.2, 0.25) is 5.02 Å². The Morgan fingerprint density at radius 2 is 1.68 bits per heavy atom. The van der Waals surface area contributed by atoms with E-state index in [9.17, 15) is 32.3 Å². The summed E-state index contributed by atoms with van der Waals surface area (Å²) in [6.45, 7) is 11.9. The molecule has 2 spiro atoms. The molecule has 12 rings (SSSR count). The Hall–Kier alpha value is -5.53. The number of alkyl halides is 3. The summed E-state index contributed by atoms with van der Waals surface area (Å²) in [5.74, 6) is 4.52. The highest BCUT2D eigenvalue weighted by atomic mass is 35.5. The fraction of sp³-hybridized carbons (Fsp3) is 0.579. The second-order valence-corrected chi connectivity index (χ2v) is 24.7. The average molecular weight is 1040 g/mol. The molecule has 3 N–H and O–H groups in total. The van der Waals surface area contributed by atoms with Crippen molar-refractivity contribution < 1.29 is 41.5 Å². The minimum absolute atomic E-state index is 0.0319. The maximum absolute atomic E-state index is 16.7. The van der Waals surface area contributed by atoms with Crippen molar-refractivity contribution in [3.05, 3.63) is 93.0 Å². The molecule has 5 aliphatic heterocycles. The molecule has 12 nitrogen and oxygen atoms in total. The number of anilines is 1. The number of likely N-dealkylation sites (tertiary alicyclic amines) is 1. The van der Waals surface area contributed by atoms with Gasteiger partial charge in [0, 0.05) is 101 Å². The number of nitrogens with one attached hydrogen (secondary N) is 3. The topological polar surface area (TPSA) is 144 Å². The molecule has 6 heterocycles. The number of imide groups is 1. The van der Waals surface area contributed by atoms with E-state index < -0.39 is 64.0 Å². The fourth-order valence-corrected chi connectivity index (χ4v) is 15.0. The molecule has 1 aromatic heterocycles. The van der Waals surface area contributed by atoms with E-state index in [0.29, 0.717) is 75.6 Å². The van der Waals surface area contributed by atoms with Crippen molar-refractivity contribution in [1.29, 1.82) is 0 Å². The number of rotatable bonds is 7. The number of hydrogen-bond donors (Lipinski definition) is 3. The smallest absolute Gasteiger partial charge is 0.384 e. The number of hydrogen-bond acceptors (Lipinski definition) is 8. The summed E-state index contributed by atoms with van der Waals surface area (Å²) in [6.07, 6.45) is 4.02. The van der Waals surface area contributed by atoms with Crippen molar-refractivity contribution in [2.45, 2.75) is 165 Å². The first-order chi connectivity index (χ1) is 35.0. The monoisotopic (exact) mass is 1040 g/mol. The van der Waals surface area contributed by atoms with Gasteiger partial charge >= 0.3 is 6.18 Å². The third kappa shape index (κ3) is 8.19. The first-order valence-corrected chi connectivity index (χ1v) is 26.8. The Morgan fingerprint density at radius 1 is 0.973 bits per heavy atom. The van der Waals surface area contributed by atoms with Crippen molar-refractivity contribution in [1.82, 2.24) is 30.3 Å². The molecule has 2 bridgehead atoms. The molecule has 4 saturated carbocycles. The maximum atomic E-state index is 16.7. The summed E-state index contributed by atoms with van der Waals surface area (Å²) >= 11 is 6.51. The van der Waals surface area contributed by atoms with Crippen LogP contribution in [0.25, 0.3) is 0 Å². The zero-order chi connectivity index (χ0) is 52.5. The largest absolute Gasteiger partial charge is 0.433 e. The van der Waals surface area contributed by atoms with Gasteiger partial charge in [-0.25, -0.2) is 4.39 Å². The van der Waals surface area contributed by atoms with Crippen LogP contribution in [-0.2, 0) is 37.3 Å². The molecule has 74 heavy (non-hydrogen) atoms. The molecule has 3 aromatic rings. The Bertz CT molecular complexity index is 2910. The average Bonchev–Trinajstić information content (AvgIpc) is 3.59. The Morgan fingerprint density at radius 3 is 2.34 bits per heavy atom. The van der Waals surface area contributed by atoms with E-state index in [-0.39, 0.29) is 82.2 Å². The maximum Gasteiger partial charge on any atom is 0.433 e. The Labute approximate surface area is 434 Å². The van der Waals surface area contributed by atoms with Gasteiger partial charge in [0.2, 0.25) is 23.6 Å². The van der Waals surface area contributed by atoms with Gasteiger partial charge in [0.15, 0.2) is 0 Å². The van der Waals surface area contributed by atoms with Gasteiger partial charge in [-0.05, 0) is 131 Å². The molecular formula is C57H64ClF4N7O5. The summed E-state index contributed by atoms with van der Waals surface area (Å²) in [4.78, 5) is 77.9. The third-order valence-electron chi connectivity index (χ3n) is 18.7. The van der Waals surface area contributed by atoms with Crippen molar-refractivity contribution in [2.24, 2.45) is 22.2 Å². The predicted octanol–water partition coefficient (Wildman–Crippen LogP) is 8.89. The molecule has 6 atom stereocenters. The Kier molecular flexibility index (Phi) is 12.2. The van der Waals surface area contributed by atoms with Crippen LogP contribution in [0.15, 0.2) is 48.7 Å². The van der Waals surface area contributed by atoms with Crippen molar-refractivity contribution >= 4 is 46.8 Å². The van der Waals surface area contributed by atoms with Crippen LogP contribution < -0.4 is 16.0 Å². The first kappa shape index (κ1) is 50.6. The lowest BCUT2D eigenvalue weighted by molar-refractivity contribution is -0.163. The zero-order valence-electron chi connectivity index (χ0n) is 42.6. The third-order valence-corrected chi connectivity index (χ3v) is 19.0. The molecule has 1 unspecified atom stereocenters. The number of amides is 5. The van der Waals surface area contributed by atoms with E-state index in [1.54, 1.807) is 23.1 Å². The highest BCUT2D eigenvalue weighted by Crippen LogP contribution is 2.62. The van der Waals surface area contributed by atoms with E-state index in [1.165, 1.54) is 12.3 Å². The van der Waals surface area contributed by atoms with Crippen LogP contribution in [0.4, 0.5) is 23.2 Å². The summed E-state index contributed by atoms with van der Waals surface area (Å²) in [5.41, 5.74) is -0.387. The van der Waals surface area contributed by atoms with Gasteiger partial charge in [-0.3, -0.25) is 34.3 Å². The highest BCUT2D eigenvalue weighted by Gasteiger charge is 2.65. The van der Waals surface area contributed by atoms with E-state index in [0.717, 1.165) is 36.5 Å². The summed E-state index contributed by atoms with van der Waals surface area (Å²) in [6, 6.07) is 8.87. The minimum atomic E-state index is -4.68. The standard InChI is InChI=1S/C57H64ClF4N7O5/c1-32(2)69(50(73)47-45(36-10-7-11-39(58)46(36)59)56(43(65-47)28-52(3,4)5)31-64-40-26-42(57(60,61)62)63-29-38(40)56)55-19-16-53(17-20-55,18-21-55)51(74)67-24-22-54(23-25-67)27-34(54)13-12-33-8-6-9-35-37(33)30-68(49(35)72)41-14-15-44(70)66-48(41)71/h6-11,26,29,32,34,41,43,45,47,64-65H,14-25,27-28,30-31H2,1-5H3,(H,66,70,71)/t34-,41?,43-,45-,47+,53?,55?,56-/m0/s1. The highest BCUT2D eigenvalue weighted by molar-refractivity contribution is 6.30. The normalized spacial score (nSPS) is 30.8. The van der Waals surface area contributed by atoms with Crippen LogP contribution in [0.5, 0.6) is 0 Å². The molecule has 9 aliphatic rings. The Balaban J connectivity index is 0.792. The summed E-state index contributed by atoms with van der Waals surface area (Å²) in [7, 11) is 0. The van der Waals surface area contributed by atoms with Gasteiger partial charge in [-0.15, -0.1) is 0 Å². The van der Waals surface area contributed by atoms with E-state index in [2.05, 4.69) is 58.4 Å². The number of fused-ring (bicyclic) bond motifs is 6. The van der Waals surface area contributed by atoms with E-state index >= 15 is 9.18 Å². The molecule has 0 radical (unpaired) electrons.